The highest BCUT2D eigenvalue weighted by Gasteiger charge is 2.26. The summed E-state index contributed by atoms with van der Waals surface area (Å²) in [6.45, 7) is 9.34. The van der Waals surface area contributed by atoms with Gasteiger partial charge in [0.2, 0.25) is 0 Å². The molecule has 1 aromatic rings. The SMILES string of the molecule is Cc1cc(NN)nc(CN2CC(C)N(C)C(C)C2)n1. The van der Waals surface area contributed by atoms with E-state index >= 15 is 0 Å². The molecular formula is C13H24N6. The fourth-order valence-electron chi connectivity index (χ4n) is 2.62. The normalized spacial score (nSPS) is 25.5. The van der Waals surface area contributed by atoms with Crippen LogP contribution in [0, 0.1) is 6.92 Å². The van der Waals surface area contributed by atoms with Crippen LogP contribution in [0.15, 0.2) is 6.07 Å². The number of rotatable bonds is 3. The summed E-state index contributed by atoms with van der Waals surface area (Å²) in [5.74, 6) is 6.93. The standard InChI is InChI=1S/C13H24N6/c1-9-5-12(17-14)16-13(15-9)8-19-6-10(2)18(4)11(3)7-19/h5,10-11H,6-8,14H2,1-4H3,(H,15,16,17). The van der Waals surface area contributed by atoms with Gasteiger partial charge in [-0.05, 0) is 27.8 Å². The van der Waals surface area contributed by atoms with Gasteiger partial charge >= 0.3 is 0 Å². The molecular weight excluding hydrogens is 240 g/mol. The number of piperazine rings is 1. The van der Waals surface area contributed by atoms with Gasteiger partial charge in [0.25, 0.3) is 0 Å². The maximum Gasteiger partial charge on any atom is 0.145 e. The first-order chi connectivity index (χ1) is 8.99. The Bertz CT molecular complexity index is 423. The Hall–Kier alpha value is -1.24. The first-order valence-corrected chi connectivity index (χ1v) is 6.75. The molecule has 0 spiro atoms. The Morgan fingerprint density at radius 2 is 1.95 bits per heavy atom. The number of likely N-dealkylation sites (N-methyl/N-ethyl adjacent to an activating group) is 1. The number of nitrogens with one attached hydrogen (secondary N) is 1. The molecule has 0 bridgehead atoms. The zero-order valence-corrected chi connectivity index (χ0v) is 12.2. The van der Waals surface area contributed by atoms with Crippen LogP contribution >= 0.6 is 0 Å². The van der Waals surface area contributed by atoms with Gasteiger partial charge in [-0.2, -0.15) is 0 Å². The van der Waals surface area contributed by atoms with Crippen molar-refractivity contribution in [2.45, 2.75) is 39.4 Å². The van der Waals surface area contributed by atoms with Gasteiger partial charge in [0.1, 0.15) is 11.6 Å². The van der Waals surface area contributed by atoms with Crippen molar-refractivity contribution in [1.82, 2.24) is 19.8 Å². The number of aryl methyl sites for hydroxylation is 1. The molecule has 1 saturated heterocycles. The summed E-state index contributed by atoms with van der Waals surface area (Å²) >= 11 is 0. The average Bonchev–Trinajstić information content (AvgIpc) is 2.35. The van der Waals surface area contributed by atoms with Crippen LogP contribution in [-0.2, 0) is 6.54 Å². The van der Waals surface area contributed by atoms with Crippen LogP contribution in [0.3, 0.4) is 0 Å². The van der Waals surface area contributed by atoms with Crippen molar-refractivity contribution in [2.75, 3.05) is 25.6 Å². The maximum absolute atomic E-state index is 5.42. The third-order valence-electron chi connectivity index (χ3n) is 3.85. The third kappa shape index (κ3) is 3.40. The van der Waals surface area contributed by atoms with Gasteiger partial charge in [-0.1, -0.05) is 0 Å². The van der Waals surface area contributed by atoms with Gasteiger partial charge in [0.15, 0.2) is 0 Å². The zero-order valence-electron chi connectivity index (χ0n) is 12.2. The number of anilines is 1. The molecule has 0 saturated carbocycles. The van der Waals surface area contributed by atoms with Crippen molar-refractivity contribution < 1.29 is 0 Å². The highest BCUT2D eigenvalue weighted by Crippen LogP contribution is 2.15. The Labute approximate surface area is 115 Å². The number of nitrogen functional groups attached to an aromatic ring is 1. The van der Waals surface area contributed by atoms with Crippen LogP contribution in [0.2, 0.25) is 0 Å². The van der Waals surface area contributed by atoms with E-state index < -0.39 is 0 Å². The number of hydrogen-bond acceptors (Lipinski definition) is 6. The zero-order chi connectivity index (χ0) is 14.0. The predicted molar refractivity (Wildman–Crippen MR) is 76.5 cm³/mol. The second-order valence-corrected chi connectivity index (χ2v) is 5.51. The van der Waals surface area contributed by atoms with Crippen LogP contribution < -0.4 is 11.3 Å². The molecule has 6 nitrogen and oxygen atoms in total. The lowest BCUT2D eigenvalue weighted by Crippen LogP contribution is -2.54. The lowest BCUT2D eigenvalue weighted by molar-refractivity contribution is 0.0541. The fourth-order valence-corrected chi connectivity index (χ4v) is 2.62. The van der Waals surface area contributed by atoms with Crippen molar-refractivity contribution in [3.8, 4) is 0 Å². The minimum Gasteiger partial charge on any atom is -0.308 e. The van der Waals surface area contributed by atoms with Gasteiger partial charge in [0, 0.05) is 36.9 Å². The lowest BCUT2D eigenvalue weighted by Gasteiger charge is -2.42. The monoisotopic (exact) mass is 264 g/mol. The molecule has 0 aromatic carbocycles. The summed E-state index contributed by atoms with van der Waals surface area (Å²) in [7, 11) is 2.19. The molecule has 2 unspecified atom stereocenters. The molecule has 0 amide bonds. The molecule has 1 fully saturated rings. The maximum atomic E-state index is 5.42. The van der Waals surface area contributed by atoms with Crippen LogP contribution in [0.25, 0.3) is 0 Å². The number of hydrazine groups is 1. The molecule has 106 valence electrons. The molecule has 2 rings (SSSR count). The van der Waals surface area contributed by atoms with Gasteiger partial charge in [0.05, 0.1) is 6.54 Å². The molecule has 0 aliphatic carbocycles. The number of nitrogens with two attached hydrogens (primary N) is 1. The van der Waals surface area contributed by atoms with E-state index in [9.17, 15) is 0 Å². The second-order valence-electron chi connectivity index (χ2n) is 5.51. The van der Waals surface area contributed by atoms with E-state index in [2.05, 4.69) is 46.1 Å². The fraction of sp³-hybridized carbons (Fsp3) is 0.692. The molecule has 2 heterocycles. The van der Waals surface area contributed by atoms with Gasteiger partial charge < -0.3 is 5.43 Å². The highest BCUT2D eigenvalue weighted by atomic mass is 15.3. The summed E-state index contributed by atoms with van der Waals surface area (Å²) in [6.07, 6.45) is 0. The van der Waals surface area contributed by atoms with Crippen LogP contribution in [0.1, 0.15) is 25.4 Å². The van der Waals surface area contributed by atoms with E-state index in [0.717, 1.165) is 31.2 Å². The minimum absolute atomic E-state index is 0.556. The van der Waals surface area contributed by atoms with Crippen LogP contribution in [0.4, 0.5) is 5.82 Å². The van der Waals surface area contributed by atoms with E-state index in [1.807, 2.05) is 13.0 Å². The minimum atomic E-state index is 0.556. The van der Waals surface area contributed by atoms with E-state index in [4.69, 9.17) is 5.84 Å². The predicted octanol–water partition coefficient (Wildman–Crippen LogP) is 0.595. The second kappa shape index (κ2) is 5.81. The molecule has 1 aliphatic rings. The summed E-state index contributed by atoms with van der Waals surface area (Å²) in [4.78, 5) is 13.7. The first kappa shape index (κ1) is 14.2. The molecule has 6 heteroatoms. The van der Waals surface area contributed by atoms with Gasteiger partial charge in [-0.25, -0.2) is 15.8 Å². The number of aromatic nitrogens is 2. The smallest absolute Gasteiger partial charge is 0.145 e. The molecule has 2 atom stereocenters. The van der Waals surface area contributed by atoms with Crippen molar-refractivity contribution in [3.05, 3.63) is 17.6 Å². The van der Waals surface area contributed by atoms with Crippen LogP contribution in [0.5, 0.6) is 0 Å². The van der Waals surface area contributed by atoms with E-state index in [0.29, 0.717) is 17.9 Å². The summed E-state index contributed by atoms with van der Waals surface area (Å²) < 4.78 is 0. The van der Waals surface area contributed by atoms with Gasteiger partial charge in [-0.15, -0.1) is 0 Å². The number of nitrogens with zero attached hydrogens (tertiary/aromatic N) is 4. The third-order valence-corrected chi connectivity index (χ3v) is 3.85. The quantitative estimate of drug-likeness (QED) is 0.615. The highest BCUT2D eigenvalue weighted by molar-refractivity contribution is 5.33. The van der Waals surface area contributed by atoms with Crippen molar-refractivity contribution in [2.24, 2.45) is 5.84 Å². The largest absolute Gasteiger partial charge is 0.308 e. The lowest BCUT2D eigenvalue weighted by atomic mass is 10.1. The molecule has 1 aliphatic heterocycles. The summed E-state index contributed by atoms with van der Waals surface area (Å²) in [6, 6.07) is 2.96. The van der Waals surface area contributed by atoms with Gasteiger partial charge in [-0.3, -0.25) is 9.80 Å². The number of hydrogen-bond donors (Lipinski definition) is 2. The summed E-state index contributed by atoms with van der Waals surface area (Å²) in [5.41, 5.74) is 3.53. The van der Waals surface area contributed by atoms with Crippen LogP contribution in [-0.4, -0.2) is 52.0 Å². The molecule has 1 aromatic heterocycles. The first-order valence-electron chi connectivity index (χ1n) is 6.75. The van der Waals surface area contributed by atoms with E-state index in [1.54, 1.807) is 0 Å². The Morgan fingerprint density at radius 3 is 2.53 bits per heavy atom. The molecule has 0 radical (unpaired) electrons. The Kier molecular flexibility index (Phi) is 4.34. The Morgan fingerprint density at radius 1 is 1.32 bits per heavy atom. The Balaban J connectivity index is 2.07. The molecule has 19 heavy (non-hydrogen) atoms. The van der Waals surface area contributed by atoms with Crippen molar-refractivity contribution >= 4 is 5.82 Å². The summed E-state index contributed by atoms with van der Waals surface area (Å²) in [5, 5.41) is 0. The van der Waals surface area contributed by atoms with Crippen molar-refractivity contribution in [1.29, 1.82) is 0 Å². The van der Waals surface area contributed by atoms with E-state index in [-0.39, 0.29) is 0 Å². The van der Waals surface area contributed by atoms with Crippen molar-refractivity contribution in [3.63, 3.8) is 0 Å². The topological polar surface area (TPSA) is 70.3 Å². The molecule has 3 N–H and O–H groups in total. The van der Waals surface area contributed by atoms with E-state index in [1.165, 1.54) is 0 Å². The average molecular weight is 264 g/mol.